The first-order valence-electron chi connectivity index (χ1n) is 3.92. The molecule has 0 amide bonds. The van der Waals surface area contributed by atoms with Crippen LogP contribution in [0.4, 0.5) is 0 Å². The molecule has 0 unspecified atom stereocenters. The molecule has 0 atom stereocenters. The summed E-state index contributed by atoms with van der Waals surface area (Å²) in [6.07, 6.45) is 0.622. The maximum Gasteiger partial charge on any atom is 0.161 e. The van der Waals surface area contributed by atoms with Gasteiger partial charge >= 0.3 is 0 Å². The molecule has 0 aliphatic carbocycles. The SMILES string of the molecule is CC(C)(C)N1CCC(=O)CO1. The van der Waals surface area contributed by atoms with Gasteiger partial charge in [0.05, 0.1) is 0 Å². The molecule has 3 nitrogen and oxygen atoms in total. The highest BCUT2D eigenvalue weighted by atomic mass is 16.7. The number of hydrogen-bond donors (Lipinski definition) is 0. The molecule has 1 rings (SSSR count). The van der Waals surface area contributed by atoms with E-state index in [-0.39, 0.29) is 17.9 Å². The van der Waals surface area contributed by atoms with Crippen molar-refractivity contribution >= 4 is 5.78 Å². The van der Waals surface area contributed by atoms with Gasteiger partial charge in [-0.05, 0) is 20.8 Å². The Morgan fingerprint density at radius 1 is 1.45 bits per heavy atom. The van der Waals surface area contributed by atoms with Crippen LogP contribution < -0.4 is 0 Å². The number of carbonyl (C=O) groups is 1. The van der Waals surface area contributed by atoms with Crippen molar-refractivity contribution < 1.29 is 9.63 Å². The molecule has 1 aliphatic heterocycles. The molecule has 0 aromatic carbocycles. The number of hydroxylamine groups is 2. The number of ketones is 1. The van der Waals surface area contributed by atoms with Crippen molar-refractivity contribution in [1.82, 2.24) is 5.06 Å². The molecule has 0 bridgehead atoms. The van der Waals surface area contributed by atoms with Crippen LogP contribution in [0.2, 0.25) is 0 Å². The third-order valence-corrected chi connectivity index (χ3v) is 1.72. The molecule has 1 saturated heterocycles. The van der Waals surface area contributed by atoms with Gasteiger partial charge in [0.1, 0.15) is 6.61 Å². The Hall–Kier alpha value is -0.410. The van der Waals surface area contributed by atoms with E-state index in [0.29, 0.717) is 6.42 Å². The third kappa shape index (κ3) is 2.27. The number of nitrogens with zero attached hydrogens (tertiary/aromatic N) is 1. The first-order valence-corrected chi connectivity index (χ1v) is 3.92. The van der Waals surface area contributed by atoms with Gasteiger partial charge in [0, 0.05) is 18.5 Å². The fraction of sp³-hybridized carbons (Fsp3) is 0.875. The van der Waals surface area contributed by atoms with E-state index in [1.807, 2.05) is 5.06 Å². The Labute approximate surface area is 67.3 Å². The Bertz CT molecular complexity index is 150. The van der Waals surface area contributed by atoms with Crippen LogP contribution in [0.25, 0.3) is 0 Å². The molecule has 1 heterocycles. The van der Waals surface area contributed by atoms with Crippen LogP contribution in [0, 0.1) is 0 Å². The standard InChI is InChI=1S/C8H15NO2/c1-8(2,3)9-5-4-7(10)6-11-9/h4-6H2,1-3H3. The second kappa shape index (κ2) is 2.91. The van der Waals surface area contributed by atoms with Crippen LogP contribution >= 0.6 is 0 Å². The number of carbonyl (C=O) groups excluding carboxylic acids is 1. The van der Waals surface area contributed by atoms with Gasteiger partial charge in [-0.2, -0.15) is 5.06 Å². The van der Waals surface area contributed by atoms with Gasteiger partial charge in [-0.3, -0.25) is 9.63 Å². The van der Waals surface area contributed by atoms with Gasteiger partial charge < -0.3 is 0 Å². The van der Waals surface area contributed by atoms with Gasteiger partial charge in [0.25, 0.3) is 0 Å². The summed E-state index contributed by atoms with van der Waals surface area (Å²) in [4.78, 5) is 16.0. The van der Waals surface area contributed by atoms with Gasteiger partial charge in [0.2, 0.25) is 0 Å². The minimum atomic E-state index is 0.0146. The Morgan fingerprint density at radius 3 is 2.45 bits per heavy atom. The molecule has 3 heteroatoms. The predicted molar refractivity (Wildman–Crippen MR) is 42.0 cm³/mol. The van der Waals surface area contributed by atoms with Crippen molar-refractivity contribution in [3.05, 3.63) is 0 Å². The largest absolute Gasteiger partial charge is 0.297 e. The fourth-order valence-corrected chi connectivity index (χ4v) is 1.04. The summed E-state index contributed by atoms with van der Waals surface area (Å²) in [7, 11) is 0. The smallest absolute Gasteiger partial charge is 0.161 e. The maximum atomic E-state index is 10.8. The van der Waals surface area contributed by atoms with E-state index in [2.05, 4.69) is 20.8 Å². The molecule has 0 spiro atoms. The summed E-state index contributed by atoms with van der Waals surface area (Å²) >= 11 is 0. The summed E-state index contributed by atoms with van der Waals surface area (Å²) in [6.45, 7) is 7.19. The highest BCUT2D eigenvalue weighted by Gasteiger charge is 2.26. The minimum absolute atomic E-state index is 0.0146. The molecule has 64 valence electrons. The molecular weight excluding hydrogens is 142 g/mol. The Kier molecular flexibility index (Phi) is 2.30. The average Bonchev–Trinajstić information content (AvgIpc) is 1.86. The van der Waals surface area contributed by atoms with E-state index < -0.39 is 0 Å². The molecule has 0 N–H and O–H groups in total. The van der Waals surface area contributed by atoms with Gasteiger partial charge in [0.15, 0.2) is 5.78 Å². The zero-order chi connectivity index (χ0) is 8.48. The third-order valence-electron chi connectivity index (χ3n) is 1.72. The van der Waals surface area contributed by atoms with Crippen molar-refractivity contribution in [3.8, 4) is 0 Å². The normalized spacial score (nSPS) is 22.3. The van der Waals surface area contributed by atoms with E-state index in [1.54, 1.807) is 0 Å². The lowest BCUT2D eigenvalue weighted by molar-refractivity contribution is -0.222. The molecule has 0 aromatic heterocycles. The van der Waals surface area contributed by atoms with E-state index in [4.69, 9.17) is 4.84 Å². The highest BCUT2D eigenvalue weighted by molar-refractivity contribution is 5.80. The van der Waals surface area contributed by atoms with E-state index in [9.17, 15) is 4.79 Å². The van der Waals surface area contributed by atoms with E-state index >= 15 is 0 Å². The summed E-state index contributed by atoms with van der Waals surface area (Å²) in [6, 6.07) is 0. The van der Waals surface area contributed by atoms with Gasteiger partial charge in [-0.1, -0.05) is 0 Å². The lowest BCUT2D eigenvalue weighted by Gasteiger charge is -2.36. The topological polar surface area (TPSA) is 29.5 Å². The maximum absolute atomic E-state index is 10.8. The van der Waals surface area contributed by atoms with Crippen molar-refractivity contribution in [3.63, 3.8) is 0 Å². The van der Waals surface area contributed by atoms with Gasteiger partial charge in [-0.15, -0.1) is 0 Å². The first kappa shape index (κ1) is 8.68. The molecule has 0 radical (unpaired) electrons. The first-order chi connectivity index (χ1) is 5.00. The summed E-state index contributed by atoms with van der Waals surface area (Å²) in [5, 5.41) is 1.87. The van der Waals surface area contributed by atoms with Crippen molar-refractivity contribution in [2.24, 2.45) is 0 Å². The fourth-order valence-electron chi connectivity index (χ4n) is 1.04. The van der Waals surface area contributed by atoms with Crippen molar-refractivity contribution in [2.45, 2.75) is 32.7 Å². The molecule has 1 aliphatic rings. The minimum Gasteiger partial charge on any atom is -0.297 e. The van der Waals surface area contributed by atoms with Crippen LogP contribution in [-0.2, 0) is 9.63 Å². The Balaban J connectivity index is 2.45. The quantitative estimate of drug-likeness (QED) is 0.525. The van der Waals surface area contributed by atoms with Crippen LogP contribution in [0.1, 0.15) is 27.2 Å². The second-order valence-corrected chi connectivity index (χ2v) is 3.84. The van der Waals surface area contributed by atoms with Crippen LogP contribution in [0.15, 0.2) is 0 Å². The number of rotatable bonds is 0. The highest BCUT2D eigenvalue weighted by Crippen LogP contribution is 2.16. The number of hydrogen-bond acceptors (Lipinski definition) is 3. The Morgan fingerprint density at radius 2 is 2.09 bits per heavy atom. The second-order valence-electron chi connectivity index (χ2n) is 3.84. The van der Waals surface area contributed by atoms with Gasteiger partial charge in [-0.25, -0.2) is 0 Å². The molecule has 0 aromatic rings. The molecular formula is C8H15NO2. The van der Waals surface area contributed by atoms with Crippen LogP contribution in [0.3, 0.4) is 0 Å². The van der Waals surface area contributed by atoms with Crippen molar-refractivity contribution in [1.29, 1.82) is 0 Å². The predicted octanol–water partition coefficient (Wildman–Crippen LogP) is 0.991. The summed E-state index contributed by atoms with van der Waals surface area (Å²) < 4.78 is 0. The summed E-state index contributed by atoms with van der Waals surface area (Å²) in [5.41, 5.74) is 0.0146. The molecule has 0 saturated carbocycles. The number of Topliss-reactive ketones (excluding diaryl/α,β-unsaturated/α-hetero) is 1. The lowest BCUT2D eigenvalue weighted by atomic mass is 10.1. The van der Waals surface area contributed by atoms with Crippen LogP contribution in [-0.4, -0.2) is 29.5 Å². The van der Waals surface area contributed by atoms with E-state index in [1.165, 1.54) is 0 Å². The zero-order valence-corrected chi connectivity index (χ0v) is 7.39. The lowest BCUT2D eigenvalue weighted by Crippen LogP contribution is -2.46. The van der Waals surface area contributed by atoms with Crippen LogP contribution in [0.5, 0.6) is 0 Å². The van der Waals surface area contributed by atoms with Crippen molar-refractivity contribution in [2.75, 3.05) is 13.2 Å². The molecule has 11 heavy (non-hydrogen) atoms. The monoisotopic (exact) mass is 157 g/mol. The average molecular weight is 157 g/mol. The molecule has 1 fully saturated rings. The van der Waals surface area contributed by atoms with E-state index in [0.717, 1.165) is 6.54 Å². The summed E-state index contributed by atoms with van der Waals surface area (Å²) in [5.74, 6) is 0.200. The zero-order valence-electron chi connectivity index (χ0n) is 7.39.